The lowest BCUT2D eigenvalue weighted by molar-refractivity contribution is -0.120. The Morgan fingerprint density at radius 3 is 3.23 bits per heavy atom. The van der Waals surface area contributed by atoms with E-state index in [1.807, 2.05) is 0 Å². The minimum absolute atomic E-state index is 0.0161. The molecule has 1 rings (SSSR count). The lowest BCUT2D eigenvalue weighted by atomic mass is 10.2. The molecule has 1 aliphatic rings. The molecule has 0 saturated carbocycles. The summed E-state index contributed by atoms with van der Waals surface area (Å²) in [5, 5.41) is 6.05. The maximum Gasteiger partial charge on any atom is 0.223 e. The minimum atomic E-state index is 0.0161. The maximum absolute atomic E-state index is 11.0. The van der Waals surface area contributed by atoms with E-state index >= 15 is 0 Å². The van der Waals surface area contributed by atoms with Crippen LogP contribution in [0.15, 0.2) is 12.7 Å². The molecule has 0 spiro atoms. The van der Waals surface area contributed by atoms with Gasteiger partial charge in [0, 0.05) is 25.6 Å². The van der Waals surface area contributed by atoms with Gasteiger partial charge in [-0.1, -0.05) is 6.08 Å². The number of nitrogens with one attached hydrogen (secondary N) is 2. The Kier molecular flexibility index (Phi) is 4.49. The summed E-state index contributed by atoms with van der Waals surface area (Å²) < 4.78 is 5.24. The van der Waals surface area contributed by atoms with E-state index in [4.69, 9.17) is 4.74 Å². The number of rotatable bonds is 4. The van der Waals surface area contributed by atoms with E-state index in [0.717, 1.165) is 13.2 Å². The highest BCUT2D eigenvalue weighted by molar-refractivity contribution is 5.77. The molecule has 1 heterocycles. The average molecular weight is 184 g/mol. The molecule has 1 amide bonds. The van der Waals surface area contributed by atoms with Gasteiger partial charge in [0.25, 0.3) is 0 Å². The Bertz CT molecular complexity index is 176. The van der Waals surface area contributed by atoms with Crippen LogP contribution in [0, 0.1) is 0 Å². The van der Waals surface area contributed by atoms with E-state index in [9.17, 15) is 4.79 Å². The largest absolute Gasteiger partial charge is 0.378 e. The molecule has 0 radical (unpaired) electrons. The van der Waals surface area contributed by atoms with Crippen LogP contribution in [0.3, 0.4) is 0 Å². The van der Waals surface area contributed by atoms with Crippen LogP contribution >= 0.6 is 0 Å². The predicted molar refractivity (Wildman–Crippen MR) is 50.4 cm³/mol. The van der Waals surface area contributed by atoms with Gasteiger partial charge >= 0.3 is 0 Å². The van der Waals surface area contributed by atoms with Crippen molar-refractivity contribution in [3.8, 4) is 0 Å². The van der Waals surface area contributed by atoms with Crippen molar-refractivity contribution in [3.63, 3.8) is 0 Å². The van der Waals surface area contributed by atoms with Gasteiger partial charge in [-0.05, 0) is 0 Å². The molecule has 0 aromatic heterocycles. The molecule has 0 aliphatic carbocycles. The average Bonchev–Trinajstić information content (AvgIpc) is 2.17. The highest BCUT2D eigenvalue weighted by Gasteiger charge is 2.12. The second-order valence-electron chi connectivity index (χ2n) is 3.02. The molecule has 1 fully saturated rings. The number of ether oxygens (including phenoxy) is 1. The number of amides is 1. The molecule has 4 nitrogen and oxygen atoms in total. The van der Waals surface area contributed by atoms with Crippen molar-refractivity contribution >= 4 is 5.91 Å². The summed E-state index contributed by atoms with van der Waals surface area (Å²) in [5.41, 5.74) is 0. The third-order valence-corrected chi connectivity index (χ3v) is 1.87. The minimum Gasteiger partial charge on any atom is -0.378 e. The van der Waals surface area contributed by atoms with Gasteiger partial charge in [-0.3, -0.25) is 4.79 Å². The molecule has 2 N–H and O–H groups in total. The van der Waals surface area contributed by atoms with Crippen molar-refractivity contribution in [2.45, 2.75) is 12.5 Å². The summed E-state index contributed by atoms with van der Waals surface area (Å²) >= 11 is 0. The number of hydrogen-bond acceptors (Lipinski definition) is 3. The maximum atomic E-state index is 11.0. The Hall–Kier alpha value is -0.870. The molecule has 0 bridgehead atoms. The summed E-state index contributed by atoms with van der Waals surface area (Å²) in [6.07, 6.45) is 1.98. The van der Waals surface area contributed by atoms with Gasteiger partial charge in [-0.25, -0.2) is 0 Å². The zero-order valence-corrected chi connectivity index (χ0v) is 7.71. The van der Waals surface area contributed by atoms with Crippen LogP contribution in [-0.2, 0) is 9.53 Å². The molecule has 4 heteroatoms. The molecule has 0 aromatic carbocycles. The van der Waals surface area contributed by atoms with Gasteiger partial charge in [0.15, 0.2) is 0 Å². The fourth-order valence-electron chi connectivity index (χ4n) is 1.19. The third-order valence-electron chi connectivity index (χ3n) is 1.87. The molecule has 1 saturated heterocycles. The summed E-state index contributed by atoms with van der Waals surface area (Å²) in [6.45, 7) is 6.42. The Balaban J connectivity index is 2.09. The lowest BCUT2D eigenvalue weighted by Crippen LogP contribution is -2.48. The van der Waals surface area contributed by atoms with Gasteiger partial charge in [0.05, 0.1) is 13.2 Å². The van der Waals surface area contributed by atoms with Crippen LogP contribution in [0.5, 0.6) is 0 Å². The highest BCUT2D eigenvalue weighted by atomic mass is 16.5. The molecule has 1 unspecified atom stereocenters. The van der Waals surface area contributed by atoms with E-state index in [1.54, 1.807) is 6.08 Å². The summed E-state index contributed by atoms with van der Waals surface area (Å²) in [4.78, 5) is 11.0. The highest BCUT2D eigenvalue weighted by Crippen LogP contribution is 1.91. The standard InChI is InChI=1S/C9H16N2O2/c1-2-3-9(12)11-6-8-7-13-5-4-10-8/h2,8,10H,1,3-7H2,(H,11,12). The number of carbonyl (C=O) groups excluding carboxylic acids is 1. The van der Waals surface area contributed by atoms with Gasteiger partial charge < -0.3 is 15.4 Å². The van der Waals surface area contributed by atoms with E-state index in [2.05, 4.69) is 17.2 Å². The Morgan fingerprint density at radius 2 is 2.62 bits per heavy atom. The molecule has 13 heavy (non-hydrogen) atoms. The smallest absolute Gasteiger partial charge is 0.223 e. The molecule has 1 atom stereocenters. The van der Waals surface area contributed by atoms with Crippen LogP contribution in [0.2, 0.25) is 0 Å². The van der Waals surface area contributed by atoms with Crippen LogP contribution in [0.1, 0.15) is 6.42 Å². The van der Waals surface area contributed by atoms with Crippen LogP contribution < -0.4 is 10.6 Å². The van der Waals surface area contributed by atoms with Gasteiger partial charge in [-0.2, -0.15) is 0 Å². The fraction of sp³-hybridized carbons (Fsp3) is 0.667. The molecular weight excluding hydrogens is 168 g/mol. The molecule has 1 aliphatic heterocycles. The second kappa shape index (κ2) is 5.72. The van der Waals surface area contributed by atoms with Crippen LogP contribution in [0.4, 0.5) is 0 Å². The van der Waals surface area contributed by atoms with Crippen LogP contribution in [-0.4, -0.2) is 38.3 Å². The number of morpholine rings is 1. The van der Waals surface area contributed by atoms with Crippen molar-refractivity contribution in [2.24, 2.45) is 0 Å². The SMILES string of the molecule is C=CCC(=O)NCC1COCCN1. The van der Waals surface area contributed by atoms with E-state index < -0.39 is 0 Å². The molecule has 74 valence electrons. The number of carbonyl (C=O) groups is 1. The van der Waals surface area contributed by atoms with Gasteiger partial charge in [-0.15, -0.1) is 6.58 Å². The summed E-state index contributed by atoms with van der Waals surface area (Å²) in [5.74, 6) is 0.0161. The van der Waals surface area contributed by atoms with Crippen molar-refractivity contribution in [1.82, 2.24) is 10.6 Å². The second-order valence-corrected chi connectivity index (χ2v) is 3.02. The van der Waals surface area contributed by atoms with Crippen molar-refractivity contribution in [1.29, 1.82) is 0 Å². The first-order valence-corrected chi connectivity index (χ1v) is 4.51. The van der Waals surface area contributed by atoms with Crippen LogP contribution in [0.25, 0.3) is 0 Å². The first kappa shape index (κ1) is 10.2. The van der Waals surface area contributed by atoms with Crippen molar-refractivity contribution in [2.75, 3.05) is 26.3 Å². The Morgan fingerprint density at radius 1 is 1.77 bits per heavy atom. The summed E-state index contributed by atoms with van der Waals surface area (Å²) in [6, 6.07) is 0.252. The normalized spacial score (nSPS) is 22.3. The quantitative estimate of drug-likeness (QED) is 0.588. The topological polar surface area (TPSA) is 50.4 Å². The fourth-order valence-corrected chi connectivity index (χ4v) is 1.19. The molecular formula is C9H16N2O2. The summed E-state index contributed by atoms with van der Waals surface area (Å²) in [7, 11) is 0. The Labute approximate surface area is 78.3 Å². The van der Waals surface area contributed by atoms with Crippen molar-refractivity contribution in [3.05, 3.63) is 12.7 Å². The van der Waals surface area contributed by atoms with E-state index in [0.29, 0.717) is 19.6 Å². The van der Waals surface area contributed by atoms with Gasteiger partial charge in [0.2, 0.25) is 5.91 Å². The van der Waals surface area contributed by atoms with E-state index in [-0.39, 0.29) is 11.9 Å². The van der Waals surface area contributed by atoms with Gasteiger partial charge in [0.1, 0.15) is 0 Å². The first-order chi connectivity index (χ1) is 6.33. The monoisotopic (exact) mass is 184 g/mol. The lowest BCUT2D eigenvalue weighted by Gasteiger charge is -2.23. The third kappa shape index (κ3) is 4.05. The first-order valence-electron chi connectivity index (χ1n) is 4.51. The molecule has 0 aromatic rings. The van der Waals surface area contributed by atoms with Crippen molar-refractivity contribution < 1.29 is 9.53 Å². The zero-order chi connectivity index (χ0) is 9.52. The van der Waals surface area contributed by atoms with E-state index in [1.165, 1.54) is 0 Å². The zero-order valence-electron chi connectivity index (χ0n) is 7.71. The predicted octanol–water partition coefficient (Wildman–Crippen LogP) is -0.333. The number of hydrogen-bond donors (Lipinski definition) is 2.